The van der Waals surface area contributed by atoms with E-state index >= 15 is 0 Å². The Bertz CT molecular complexity index is 399. The average Bonchev–Trinajstić information content (AvgIpc) is 2.14. The lowest BCUT2D eigenvalue weighted by atomic mass is 10.3. The summed E-state index contributed by atoms with van der Waals surface area (Å²) in [6.07, 6.45) is 3.26. The quantitative estimate of drug-likeness (QED) is 0.620. The number of hydrogen-bond acceptors (Lipinski definition) is 2. The van der Waals surface area contributed by atoms with E-state index in [-0.39, 0.29) is 4.75 Å². The van der Waals surface area contributed by atoms with Crippen molar-refractivity contribution in [2.45, 2.75) is 25.5 Å². The second-order valence-corrected chi connectivity index (χ2v) is 6.66. The molecule has 0 aliphatic heterocycles. The molecule has 5 heteroatoms. The molecule has 1 aromatic heterocycles. The van der Waals surface area contributed by atoms with E-state index in [2.05, 4.69) is 25.3 Å². The van der Waals surface area contributed by atoms with Crippen molar-refractivity contribution in [1.82, 2.24) is 4.98 Å². The second kappa shape index (κ2) is 4.99. The molecule has 0 unspecified atom stereocenters. The van der Waals surface area contributed by atoms with Crippen molar-refractivity contribution in [3.05, 3.63) is 28.5 Å². The van der Waals surface area contributed by atoms with Gasteiger partial charge >= 0.3 is 0 Å². The fourth-order valence-electron chi connectivity index (χ4n) is 0.758. The maximum Gasteiger partial charge on any atom is 0.144 e. The highest BCUT2D eigenvalue weighted by Crippen LogP contribution is 2.14. The van der Waals surface area contributed by atoms with Gasteiger partial charge in [0.2, 0.25) is 0 Å². The van der Waals surface area contributed by atoms with Crippen LogP contribution in [0.1, 0.15) is 26.3 Å². The molecule has 0 spiro atoms. The Morgan fingerprint density at radius 1 is 1.53 bits per heavy atom. The third-order valence-electron chi connectivity index (χ3n) is 1.60. The Hall–Kier alpha value is -0.550. The smallest absolute Gasteiger partial charge is 0.144 e. The Morgan fingerprint density at radius 2 is 2.20 bits per heavy atom. The van der Waals surface area contributed by atoms with Crippen LogP contribution in [0.5, 0.6) is 0 Å². The van der Waals surface area contributed by atoms with Gasteiger partial charge in [-0.25, -0.2) is 9.19 Å². The second-order valence-electron chi connectivity index (χ2n) is 3.98. The highest BCUT2D eigenvalue weighted by atomic mass is 79.9. The lowest BCUT2D eigenvalue weighted by molar-refractivity contribution is 0.651. The zero-order valence-electron chi connectivity index (χ0n) is 8.90. The molecule has 1 aromatic rings. The molecule has 0 fully saturated rings. The van der Waals surface area contributed by atoms with Crippen LogP contribution >= 0.6 is 15.9 Å². The van der Waals surface area contributed by atoms with Crippen LogP contribution in [0.4, 0.5) is 0 Å². The molecule has 15 heavy (non-hydrogen) atoms. The van der Waals surface area contributed by atoms with E-state index in [1.807, 2.05) is 32.9 Å². The third kappa shape index (κ3) is 3.83. The molecule has 0 radical (unpaired) electrons. The predicted octanol–water partition coefficient (Wildman–Crippen LogP) is 2.73. The minimum Gasteiger partial charge on any atom is -0.249 e. The van der Waals surface area contributed by atoms with E-state index in [4.69, 9.17) is 0 Å². The molecule has 0 aliphatic rings. The molecule has 0 amide bonds. The fraction of sp³-hybridized carbons (Fsp3) is 0.400. The summed E-state index contributed by atoms with van der Waals surface area (Å²) in [7, 11) is -1.23. The monoisotopic (exact) mass is 288 g/mol. The van der Waals surface area contributed by atoms with Crippen LogP contribution < -0.4 is 0 Å². The number of pyridine rings is 1. The van der Waals surface area contributed by atoms with Crippen LogP contribution in [0.25, 0.3) is 0 Å². The summed E-state index contributed by atoms with van der Waals surface area (Å²) in [5.41, 5.74) is 0.829. The van der Waals surface area contributed by atoms with Crippen molar-refractivity contribution in [3.63, 3.8) is 0 Å². The molecule has 0 aromatic carbocycles. The summed E-state index contributed by atoms with van der Waals surface area (Å²) in [6, 6.07) is 3.67. The van der Waals surface area contributed by atoms with E-state index in [0.717, 1.165) is 5.56 Å². The molecule has 1 atom stereocenters. The zero-order chi connectivity index (χ0) is 11.5. The maximum absolute atomic E-state index is 11.6. The van der Waals surface area contributed by atoms with Crippen LogP contribution in [0.2, 0.25) is 0 Å². The minimum absolute atomic E-state index is 0.328. The lowest BCUT2D eigenvalue weighted by Gasteiger charge is -2.12. The Labute approximate surface area is 101 Å². The normalized spacial score (nSPS) is 14.4. The van der Waals surface area contributed by atoms with Gasteiger partial charge in [0.1, 0.15) is 15.6 Å². The van der Waals surface area contributed by atoms with Gasteiger partial charge in [-0.15, -0.1) is 0 Å². The van der Waals surface area contributed by atoms with Gasteiger partial charge in [-0.3, -0.25) is 0 Å². The van der Waals surface area contributed by atoms with Crippen molar-refractivity contribution in [2.75, 3.05) is 0 Å². The van der Waals surface area contributed by atoms with E-state index in [1.165, 1.54) is 0 Å². The summed E-state index contributed by atoms with van der Waals surface area (Å²) in [5, 5.41) is 0. The molecule has 0 aliphatic carbocycles. The van der Waals surface area contributed by atoms with Gasteiger partial charge in [0.25, 0.3) is 0 Å². The van der Waals surface area contributed by atoms with E-state index in [9.17, 15) is 4.21 Å². The third-order valence-corrected chi connectivity index (χ3v) is 3.61. The average molecular weight is 289 g/mol. The number of halogens is 1. The highest BCUT2D eigenvalue weighted by Gasteiger charge is 2.18. The molecule has 82 valence electrons. The van der Waals surface area contributed by atoms with E-state index in [1.54, 1.807) is 12.4 Å². The number of rotatable bonds is 2. The molecule has 0 bridgehead atoms. The summed E-state index contributed by atoms with van der Waals surface area (Å²) in [6.45, 7) is 5.66. The van der Waals surface area contributed by atoms with Crippen LogP contribution in [0, 0.1) is 0 Å². The van der Waals surface area contributed by atoms with Crippen LogP contribution in [0.15, 0.2) is 27.3 Å². The summed E-state index contributed by atoms with van der Waals surface area (Å²) >= 11 is 3.30. The molecule has 0 saturated heterocycles. The molecule has 1 heterocycles. The maximum atomic E-state index is 11.6. The molecule has 0 saturated carbocycles. The standard InChI is InChI=1S/C10H13BrN2OS/c1-10(2,3)15(14)13-7-8-5-4-6-12-9(8)11/h4-7H,1-3H3/t15-/m0/s1. The summed E-state index contributed by atoms with van der Waals surface area (Å²) in [4.78, 5) is 4.05. The Kier molecular flexibility index (Phi) is 4.16. The van der Waals surface area contributed by atoms with Crippen LogP contribution in [0.3, 0.4) is 0 Å². The Morgan fingerprint density at radius 3 is 2.73 bits per heavy atom. The minimum atomic E-state index is -1.23. The first-order chi connectivity index (χ1) is 6.91. The molecule has 3 nitrogen and oxygen atoms in total. The molecular weight excluding hydrogens is 276 g/mol. The van der Waals surface area contributed by atoms with Crippen molar-refractivity contribution in [2.24, 2.45) is 4.40 Å². The van der Waals surface area contributed by atoms with Gasteiger partial charge in [-0.2, -0.15) is 4.40 Å². The SMILES string of the molecule is CC(C)(C)[S@](=O)N=Cc1cccnc1Br. The van der Waals surface area contributed by atoms with Crippen molar-refractivity contribution < 1.29 is 4.21 Å². The van der Waals surface area contributed by atoms with Crippen molar-refractivity contribution >= 4 is 33.1 Å². The predicted molar refractivity (Wildman–Crippen MR) is 67.4 cm³/mol. The number of nitrogens with zero attached hydrogens (tertiary/aromatic N) is 2. The fourth-order valence-corrected chi connectivity index (χ4v) is 1.64. The molecule has 1 rings (SSSR count). The van der Waals surface area contributed by atoms with Crippen molar-refractivity contribution in [1.29, 1.82) is 0 Å². The first-order valence-electron chi connectivity index (χ1n) is 4.48. The zero-order valence-corrected chi connectivity index (χ0v) is 11.3. The van der Waals surface area contributed by atoms with Crippen LogP contribution in [-0.4, -0.2) is 20.2 Å². The van der Waals surface area contributed by atoms with Gasteiger partial charge < -0.3 is 0 Å². The Balaban J connectivity index is 2.84. The first kappa shape index (κ1) is 12.5. The first-order valence-corrected chi connectivity index (χ1v) is 6.38. The lowest BCUT2D eigenvalue weighted by Crippen LogP contribution is -2.19. The van der Waals surface area contributed by atoms with Gasteiger partial charge in [0.15, 0.2) is 0 Å². The summed E-state index contributed by atoms with van der Waals surface area (Å²) < 4.78 is 16.0. The number of aromatic nitrogens is 1. The topological polar surface area (TPSA) is 42.3 Å². The van der Waals surface area contributed by atoms with Gasteiger partial charge in [-0.05, 0) is 48.8 Å². The van der Waals surface area contributed by atoms with Gasteiger partial charge in [0, 0.05) is 18.0 Å². The molecular formula is C10H13BrN2OS. The van der Waals surface area contributed by atoms with E-state index in [0.29, 0.717) is 4.60 Å². The largest absolute Gasteiger partial charge is 0.249 e. The van der Waals surface area contributed by atoms with E-state index < -0.39 is 11.0 Å². The summed E-state index contributed by atoms with van der Waals surface area (Å²) in [5.74, 6) is 0. The number of hydrogen-bond donors (Lipinski definition) is 0. The molecule has 0 N–H and O–H groups in total. The van der Waals surface area contributed by atoms with Crippen LogP contribution in [-0.2, 0) is 11.0 Å². The van der Waals surface area contributed by atoms with Crippen molar-refractivity contribution in [3.8, 4) is 0 Å². The van der Waals surface area contributed by atoms with Gasteiger partial charge in [-0.1, -0.05) is 0 Å². The highest BCUT2D eigenvalue weighted by molar-refractivity contribution is 9.10. The van der Waals surface area contributed by atoms with Gasteiger partial charge in [0.05, 0.1) is 4.75 Å².